The maximum atomic E-state index is 12.7. The Morgan fingerprint density at radius 2 is 1.94 bits per heavy atom. The van der Waals surface area contributed by atoms with E-state index in [-0.39, 0.29) is 12.5 Å². The molecule has 0 saturated heterocycles. The zero-order valence-electron chi connectivity index (χ0n) is 16.7. The van der Waals surface area contributed by atoms with Crippen LogP contribution in [-0.2, 0) is 11.2 Å². The van der Waals surface area contributed by atoms with E-state index in [1.54, 1.807) is 41.3 Å². The van der Waals surface area contributed by atoms with E-state index in [0.717, 1.165) is 12.1 Å². The highest BCUT2D eigenvalue weighted by molar-refractivity contribution is 6.32. The van der Waals surface area contributed by atoms with Crippen molar-refractivity contribution in [2.45, 2.75) is 13.3 Å². The molecule has 1 aliphatic heterocycles. The number of ether oxygens (including phenoxy) is 2. The van der Waals surface area contributed by atoms with Gasteiger partial charge in [0.15, 0.2) is 12.3 Å². The molecule has 5 nitrogen and oxygen atoms in total. The molecule has 31 heavy (non-hydrogen) atoms. The van der Waals surface area contributed by atoms with Crippen molar-refractivity contribution in [1.29, 1.82) is 0 Å². The maximum Gasteiger partial charge on any atom is 0.264 e. The van der Waals surface area contributed by atoms with Crippen molar-refractivity contribution < 1.29 is 14.3 Å². The molecule has 0 radical (unpaired) electrons. The van der Waals surface area contributed by atoms with E-state index < -0.39 is 0 Å². The number of halogens is 2. The summed E-state index contributed by atoms with van der Waals surface area (Å²) in [4.78, 5) is 17.8. The van der Waals surface area contributed by atoms with Crippen LogP contribution in [0.15, 0.2) is 54.6 Å². The summed E-state index contributed by atoms with van der Waals surface area (Å²) >= 11 is 12.3. The molecule has 3 aromatic carbocycles. The van der Waals surface area contributed by atoms with E-state index in [0.29, 0.717) is 39.5 Å². The minimum atomic E-state index is -0.114. The standard InChI is InChI=1S/C24H18Cl2N2O3/c1-15-3-6-22-16(9-15)7-8-28(22)24(29)14-30-19-4-5-21(26)23(13-19)31-20-11-17(25)10-18(12-20)27-2/h3-6,9-13H,7-8,14H2,1H3. The summed E-state index contributed by atoms with van der Waals surface area (Å²) in [6.07, 6.45) is 0.841. The van der Waals surface area contributed by atoms with E-state index in [4.69, 9.17) is 39.2 Å². The molecule has 1 heterocycles. The summed E-state index contributed by atoms with van der Waals surface area (Å²) in [7, 11) is 0. The zero-order valence-corrected chi connectivity index (χ0v) is 18.2. The number of carbonyl (C=O) groups is 1. The summed E-state index contributed by atoms with van der Waals surface area (Å²) in [6.45, 7) is 9.73. The Labute approximate surface area is 190 Å². The van der Waals surface area contributed by atoms with Crippen molar-refractivity contribution in [3.05, 3.63) is 87.2 Å². The fourth-order valence-corrected chi connectivity index (χ4v) is 3.84. The number of fused-ring (bicyclic) bond motifs is 1. The number of hydrogen-bond donors (Lipinski definition) is 0. The second-order valence-electron chi connectivity index (χ2n) is 7.17. The highest BCUT2D eigenvalue weighted by atomic mass is 35.5. The van der Waals surface area contributed by atoms with Crippen LogP contribution >= 0.6 is 23.2 Å². The minimum Gasteiger partial charge on any atom is -0.484 e. The van der Waals surface area contributed by atoms with Crippen LogP contribution < -0.4 is 14.4 Å². The number of nitrogens with zero attached hydrogens (tertiary/aromatic N) is 2. The molecule has 156 valence electrons. The predicted molar refractivity (Wildman–Crippen MR) is 122 cm³/mol. The Balaban J connectivity index is 1.45. The SMILES string of the molecule is [C-]#[N+]c1cc(Cl)cc(Oc2cc(OCC(=O)N3CCc4cc(C)ccc43)ccc2Cl)c1. The Morgan fingerprint density at radius 1 is 1.10 bits per heavy atom. The molecule has 0 aromatic heterocycles. The fraction of sp³-hybridized carbons (Fsp3) is 0.167. The van der Waals surface area contributed by atoms with Crippen LogP contribution in [0.4, 0.5) is 11.4 Å². The largest absolute Gasteiger partial charge is 0.484 e. The summed E-state index contributed by atoms with van der Waals surface area (Å²) < 4.78 is 11.5. The number of aryl methyl sites for hydroxylation is 1. The van der Waals surface area contributed by atoms with Crippen LogP contribution in [0.5, 0.6) is 17.2 Å². The average Bonchev–Trinajstić information content (AvgIpc) is 3.16. The molecule has 1 amide bonds. The van der Waals surface area contributed by atoms with Crippen LogP contribution in [-0.4, -0.2) is 19.1 Å². The second-order valence-corrected chi connectivity index (χ2v) is 8.01. The number of anilines is 1. The van der Waals surface area contributed by atoms with Gasteiger partial charge in [-0.05, 0) is 55.3 Å². The van der Waals surface area contributed by atoms with E-state index in [9.17, 15) is 4.79 Å². The molecule has 0 unspecified atom stereocenters. The molecule has 0 fully saturated rings. The van der Waals surface area contributed by atoms with Crippen LogP contribution in [0.3, 0.4) is 0 Å². The monoisotopic (exact) mass is 452 g/mol. The maximum absolute atomic E-state index is 12.7. The van der Waals surface area contributed by atoms with Crippen LogP contribution in [0.1, 0.15) is 11.1 Å². The molecule has 3 aromatic rings. The van der Waals surface area contributed by atoms with Gasteiger partial charge in [0.05, 0.1) is 11.6 Å². The molecule has 0 saturated carbocycles. The second kappa shape index (κ2) is 8.89. The molecule has 1 aliphatic rings. The van der Waals surface area contributed by atoms with E-state index in [1.807, 2.05) is 19.1 Å². The lowest BCUT2D eigenvalue weighted by Gasteiger charge is -2.18. The molecule has 0 bridgehead atoms. The quantitative estimate of drug-likeness (QED) is 0.408. The van der Waals surface area contributed by atoms with Crippen LogP contribution in [0.25, 0.3) is 4.85 Å². The van der Waals surface area contributed by atoms with Gasteiger partial charge in [-0.1, -0.05) is 40.9 Å². The van der Waals surface area contributed by atoms with Crippen molar-refractivity contribution >= 4 is 40.5 Å². The first-order valence-corrected chi connectivity index (χ1v) is 10.4. The van der Waals surface area contributed by atoms with Gasteiger partial charge in [-0.15, -0.1) is 0 Å². The van der Waals surface area contributed by atoms with Gasteiger partial charge in [-0.25, -0.2) is 4.85 Å². The van der Waals surface area contributed by atoms with Crippen molar-refractivity contribution in [2.75, 3.05) is 18.1 Å². The molecule has 0 aliphatic carbocycles. The predicted octanol–water partition coefficient (Wildman–Crippen LogP) is 6.61. The van der Waals surface area contributed by atoms with Gasteiger partial charge in [0.25, 0.3) is 5.91 Å². The number of amides is 1. The lowest BCUT2D eigenvalue weighted by Crippen LogP contribution is -2.33. The summed E-state index contributed by atoms with van der Waals surface area (Å²) in [6, 6.07) is 15.7. The number of rotatable bonds is 5. The van der Waals surface area contributed by atoms with Crippen molar-refractivity contribution in [2.24, 2.45) is 0 Å². The van der Waals surface area contributed by atoms with E-state index in [1.165, 1.54) is 11.1 Å². The fourth-order valence-electron chi connectivity index (χ4n) is 3.46. The summed E-state index contributed by atoms with van der Waals surface area (Å²) in [5, 5.41) is 0.755. The third-order valence-electron chi connectivity index (χ3n) is 4.91. The van der Waals surface area contributed by atoms with Crippen LogP contribution in [0.2, 0.25) is 10.0 Å². The third-order valence-corrected chi connectivity index (χ3v) is 5.44. The first-order chi connectivity index (χ1) is 14.9. The molecule has 4 rings (SSSR count). The van der Waals surface area contributed by atoms with Crippen LogP contribution in [0, 0.1) is 13.5 Å². The zero-order chi connectivity index (χ0) is 22.0. The molecule has 0 spiro atoms. The highest BCUT2D eigenvalue weighted by Gasteiger charge is 2.24. The van der Waals surface area contributed by atoms with Crippen molar-refractivity contribution in [3.8, 4) is 17.2 Å². The van der Waals surface area contributed by atoms with Gasteiger partial charge in [0.2, 0.25) is 0 Å². The first kappa shape index (κ1) is 21.0. The Hall–Kier alpha value is -3.20. The molecular weight excluding hydrogens is 435 g/mol. The van der Waals surface area contributed by atoms with Gasteiger partial charge < -0.3 is 14.4 Å². The van der Waals surface area contributed by atoms with Gasteiger partial charge in [-0.2, -0.15) is 0 Å². The summed E-state index contributed by atoms with van der Waals surface area (Å²) in [5.41, 5.74) is 3.66. The lowest BCUT2D eigenvalue weighted by atomic mass is 10.1. The van der Waals surface area contributed by atoms with Gasteiger partial charge in [0.1, 0.15) is 17.2 Å². The van der Waals surface area contributed by atoms with Crippen molar-refractivity contribution in [1.82, 2.24) is 0 Å². The lowest BCUT2D eigenvalue weighted by molar-refractivity contribution is -0.120. The number of carbonyl (C=O) groups excluding carboxylic acids is 1. The molecule has 0 atom stereocenters. The summed E-state index contributed by atoms with van der Waals surface area (Å²) in [5.74, 6) is 1.06. The van der Waals surface area contributed by atoms with E-state index >= 15 is 0 Å². The smallest absolute Gasteiger partial charge is 0.264 e. The average molecular weight is 453 g/mol. The number of hydrogen-bond acceptors (Lipinski definition) is 3. The van der Waals surface area contributed by atoms with E-state index in [2.05, 4.69) is 10.9 Å². The molecular formula is C24H18Cl2N2O3. The van der Waals surface area contributed by atoms with Crippen molar-refractivity contribution in [3.63, 3.8) is 0 Å². The van der Waals surface area contributed by atoms with Gasteiger partial charge in [0, 0.05) is 23.3 Å². The Morgan fingerprint density at radius 3 is 2.74 bits per heavy atom. The minimum absolute atomic E-state index is 0.104. The number of benzene rings is 3. The topological polar surface area (TPSA) is 43.1 Å². The molecule has 0 N–H and O–H groups in total. The third kappa shape index (κ3) is 4.77. The normalized spacial score (nSPS) is 12.3. The van der Waals surface area contributed by atoms with Gasteiger partial charge in [-0.3, -0.25) is 4.79 Å². The highest BCUT2D eigenvalue weighted by Crippen LogP contribution is 2.36. The first-order valence-electron chi connectivity index (χ1n) is 9.61. The van der Waals surface area contributed by atoms with Gasteiger partial charge >= 0.3 is 0 Å². The Kier molecular flexibility index (Phi) is 6.03. The Bertz CT molecular complexity index is 1200. The molecule has 7 heteroatoms.